The summed E-state index contributed by atoms with van der Waals surface area (Å²) < 4.78 is 1.98. The van der Waals surface area contributed by atoms with E-state index in [-0.39, 0.29) is 5.92 Å². The van der Waals surface area contributed by atoms with Crippen molar-refractivity contribution in [2.24, 2.45) is 5.92 Å². The molecule has 2 atom stereocenters. The second kappa shape index (κ2) is 9.38. The number of hydrogen-bond acceptors (Lipinski definition) is 5. The first-order valence-electron chi connectivity index (χ1n) is 9.89. The smallest absolute Gasteiger partial charge is 0.326 e. The Labute approximate surface area is 179 Å². The normalized spacial score (nSPS) is 15.1. The Morgan fingerprint density at radius 1 is 1.20 bits per heavy atom. The molecule has 30 heavy (non-hydrogen) atoms. The van der Waals surface area contributed by atoms with Crippen LogP contribution < -0.4 is 15.5 Å². The molecule has 0 radical (unpaired) electrons. The summed E-state index contributed by atoms with van der Waals surface area (Å²) in [5.41, 5.74) is 1.77. The molecule has 0 aliphatic carbocycles. The van der Waals surface area contributed by atoms with Crippen LogP contribution in [0.5, 0.6) is 0 Å². The molecule has 0 saturated heterocycles. The number of hydrogen-bond donors (Lipinski definition) is 3. The van der Waals surface area contributed by atoms with Gasteiger partial charge in [0.15, 0.2) is 0 Å². The number of carboxylic acid groups (broad SMARTS) is 1. The number of thioether (sulfide) groups is 1. The summed E-state index contributed by atoms with van der Waals surface area (Å²) in [5.74, 6) is -0.672. The van der Waals surface area contributed by atoms with Crippen molar-refractivity contribution in [3.8, 4) is 0 Å². The van der Waals surface area contributed by atoms with E-state index in [0.717, 1.165) is 11.0 Å². The van der Waals surface area contributed by atoms with Crippen LogP contribution in [0.1, 0.15) is 20.3 Å². The standard InChI is InChI=1S/C20H27N5O4S/c1-12(2)16(18(27)28)23-17(26)14(8-11-30-3)22-20(29)25-10-9-24-15-7-5-4-6-13(15)21-19(24)25/h4-7,12,14,16H,8-11H2,1-3H3,(H,22,29)(H,23,26)(H,27,28)/t14-,16-/m0/s1. The minimum atomic E-state index is -1.10. The average molecular weight is 434 g/mol. The lowest BCUT2D eigenvalue weighted by Gasteiger charge is -2.24. The van der Waals surface area contributed by atoms with E-state index in [1.54, 1.807) is 25.6 Å². The van der Waals surface area contributed by atoms with Gasteiger partial charge in [-0.15, -0.1) is 0 Å². The zero-order valence-corrected chi connectivity index (χ0v) is 18.1. The number of aromatic nitrogens is 2. The van der Waals surface area contributed by atoms with Crippen LogP contribution in [0, 0.1) is 5.92 Å². The van der Waals surface area contributed by atoms with Crippen LogP contribution in [-0.2, 0) is 16.1 Å². The van der Waals surface area contributed by atoms with Gasteiger partial charge in [-0.2, -0.15) is 11.8 Å². The number of anilines is 1. The summed E-state index contributed by atoms with van der Waals surface area (Å²) >= 11 is 1.55. The Bertz CT molecular complexity index is 944. The summed E-state index contributed by atoms with van der Waals surface area (Å²) in [7, 11) is 0. The first-order chi connectivity index (χ1) is 14.3. The van der Waals surface area contributed by atoms with E-state index >= 15 is 0 Å². The SMILES string of the molecule is CSCC[C@H](NC(=O)N1CCn2c1nc1ccccc12)C(=O)N[C@H](C(=O)O)C(C)C. The Balaban J connectivity index is 1.75. The number of urea groups is 1. The van der Waals surface area contributed by atoms with Crippen molar-refractivity contribution in [1.29, 1.82) is 0 Å². The second-order valence-corrected chi connectivity index (χ2v) is 8.54. The number of carbonyl (C=O) groups excluding carboxylic acids is 2. The minimum Gasteiger partial charge on any atom is -0.480 e. The molecule has 10 heteroatoms. The zero-order chi connectivity index (χ0) is 21.8. The van der Waals surface area contributed by atoms with Crippen LogP contribution in [0.15, 0.2) is 24.3 Å². The fourth-order valence-electron chi connectivity index (χ4n) is 3.48. The topological polar surface area (TPSA) is 117 Å². The second-order valence-electron chi connectivity index (χ2n) is 7.56. The highest BCUT2D eigenvalue weighted by molar-refractivity contribution is 7.98. The first kappa shape index (κ1) is 21.9. The van der Waals surface area contributed by atoms with Crippen molar-refractivity contribution in [3.05, 3.63) is 24.3 Å². The first-order valence-corrected chi connectivity index (χ1v) is 11.3. The third kappa shape index (κ3) is 4.53. The van der Waals surface area contributed by atoms with Gasteiger partial charge in [-0.05, 0) is 36.5 Å². The molecule has 0 bridgehead atoms. The maximum Gasteiger partial charge on any atom is 0.326 e. The molecule has 1 aliphatic heterocycles. The van der Waals surface area contributed by atoms with Crippen molar-refractivity contribution >= 4 is 46.7 Å². The molecule has 0 fully saturated rings. The third-order valence-corrected chi connectivity index (χ3v) is 5.77. The number of fused-ring (bicyclic) bond motifs is 3. The largest absolute Gasteiger partial charge is 0.480 e. The maximum atomic E-state index is 13.0. The third-order valence-electron chi connectivity index (χ3n) is 5.12. The summed E-state index contributed by atoms with van der Waals surface area (Å²) in [5, 5.41) is 14.7. The number of rotatable bonds is 8. The molecular formula is C20H27N5O4S. The Hall–Kier alpha value is -2.75. The van der Waals surface area contributed by atoms with Crippen LogP contribution in [-0.4, -0.2) is 63.2 Å². The Morgan fingerprint density at radius 2 is 1.93 bits per heavy atom. The van der Waals surface area contributed by atoms with E-state index < -0.39 is 30.0 Å². The number of carbonyl (C=O) groups is 3. The highest BCUT2D eigenvalue weighted by atomic mass is 32.2. The summed E-state index contributed by atoms with van der Waals surface area (Å²) in [6.45, 7) is 4.53. The molecule has 162 valence electrons. The number of imidazole rings is 1. The highest BCUT2D eigenvalue weighted by Crippen LogP contribution is 2.27. The lowest BCUT2D eigenvalue weighted by Crippen LogP contribution is -2.55. The van der Waals surface area contributed by atoms with Crippen molar-refractivity contribution < 1.29 is 19.5 Å². The maximum absolute atomic E-state index is 13.0. The molecule has 9 nitrogen and oxygen atoms in total. The zero-order valence-electron chi connectivity index (χ0n) is 17.3. The van der Waals surface area contributed by atoms with Gasteiger partial charge in [0.25, 0.3) is 0 Å². The minimum absolute atomic E-state index is 0.276. The molecule has 2 heterocycles. The van der Waals surface area contributed by atoms with E-state index in [0.29, 0.717) is 31.2 Å². The van der Waals surface area contributed by atoms with Gasteiger partial charge in [0.05, 0.1) is 11.0 Å². The monoisotopic (exact) mass is 433 g/mol. The van der Waals surface area contributed by atoms with Gasteiger partial charge < -0.3 is 20.3 Å². The van der Waals surface area contributed by atoms with Crippen molar-refractivity contribution in [1.82, 2.24) is 20.2 Å². The molecule has 2 aromatic rings. The molecule has 3 N–H and O–H groups in total. The molecule has 0 spiro atoms. The molecule has 1 aromatic carbocycles. The Kier molecular flexibility index (Phi) is 6.86. The summed E-state index contributed by atoms with van der Waals surface area (Å²) in [6, 6.07) is 5.42. The number of benzene rings is 1. The van der Waals surface area contributed by atoms with Gasteiger partial charge in [0.1, 0.15) is 12.1 Å². The fourth-order valence-corrected chi connectivity index (χ4v) is 3.95. The van der Waals surface area contributed by atoms with E-state index in [1.807, 2.05) is 35.1 Å². The van der Waals surface area contributed by atoms with Crippen molar-refractivity contribution in [2.75, 3.05) is 23.5 Å². The van der Waals surface area contributed by atoms with Crippen LogP contribution in [0.4, 0.5) is 10.7 Å². The van der Waals surface area contributed by atoms with Gasteiger partial charge in [0, 0.05) is 13.1 Å². The van der Waals surface area contributed by atoms with Crippen molar-refractivity contribution in [2.45, 2.75) is 38.9 Å². The van der Waals surface area contributed by atoms with E-state index in [1.165, 1.54) is 4.90 Å². The Morgan fingerprint density at radius 3 is 2.60 bits per heavy atom. The number of nitrogens with one attached hydrogen (secondary N) is 2. The molecule has 1 aromatic heterocycles. The van der Waals surface area contributed by atoms with Crippen molar-refractivity contribution in [3.63, 3.8) is 0 Å². The van der Waals surface area contributed by atoms with Gasteiger partial charge in [-0.1, -0.05) is 26.0 Å². The van der Waals surface area contributed by atoms with E-state index in [4.69, 9.17) is 0 Å². The lowest BCUT2D eigenvalue weighted by atomic mass is 10.0. The van der Waals surface area contributed by atoms with Gasteiger partial charge >= 0.3 is 12.0 Å². The predicted octanol–water partition coefficient (Wildman–Crippen LogP) is 1.91. The number of amides is 3. The number of nitrogens with zero attached hydrogens (tertiary/aromatic N) is 3. The molecule has 0 unspecified atom stereocenters. The number of para-hydroxylation sites is 2. The molecule has 0 saturated carbocycles. The van der Waals surface area contributed by atoms with Gasteiger partial charge in [-0.25, -0.2) is 14.6 Å². The fraction of sp³-hybridized carbons (Fsp3) is 0.500. The quantitative estimate of drug-likeness (QED) is 0.586. The van der Waals surface area contributed by atoms with Gasteiger partial charge in [0.2, 0.25) is 11.9 Å². The van der Waals surface area contributed by atoms with Crippen LogP contribution in [0.25, 0.3) is 11.0 Å². The molecular weight excluding hydrogens is 406 g/mol. The van der Waals surface area contributed by atoms with E-state index in [9.17, 15) is 19.5 Å². The van der Waals surface area contributed by atoms with E-state index in [2.05, 4.69) is 15.6 Å². The molecule has 1 aliphatic rings. The lowest BCUT2D eigenvalue weighted by molar-refractivity contribution is -0.143. The number of aliphatic carboxylic acids is 1. The number of carboxylic acids is 1. The van der Waals surface area contributed by atoms with Crippen LogP contribution >= 0.6 is 11.8 Å². The summed E-state index contributed by atoms with van der Waals surface area (Å²) in [6.07, 6.45) is 2.31. The van der Waals surface area contributed by atoms with Crippen LogP contribution in [0.2, 0.25) is 0 Å². The predicted molar refractivity (Wildman–Crippen MR) is 117 cm³/mol. The van der Waals surface area contributed by atoms with Crippen LogP contribution in [0.3, 0.4) is 0 Å². The highest BCUT2D eigenvalue weighted by Gasteiger charge is 2.32. The van der Waals surface area contributed by atoms with Gasteiger partial charge in [-0.3, -0.25) is 9.69 Å². The summed E-state index contributed by atoms with van der Waals surface area (Å²) in [4.78, 5) is 43.3. The average Bonchev–Trinajstić information content (AvgIpc) is 3.27. The molecule has 3 amide bonds. The molecule has 3 rings (SSSR count).